The van der Waals surface area contributed by atoms with E-state index in [2.05, 4.69) is 32.4 Å². The van der Waals surface area contributed by atoms with Crippen LogP contribution in [-0.2, 0) is 6.42 Å². The van der Waals surface area contributed by atoms with Crippen LogP contribution < -0.4 is 5.73 Å². The van der Waals surface area contributed by atoms with E-state index < -0.39 is 0 Å². The molecule has 80 valence electrons. The highest BCUT2D eigenvalue weighted by Crippen LogP contribution is 2.33. The van der Waals surface area contributed by atoms with Gasteiger partial charge in [-0.1, -0.05) is 0 Å². The fraction of sp³-hybridized carbons (Fsp3) is 0.300. The van der Waals surface area contributed by atoms with Crippen LogP contribution in [0.1, 0.15) is 11.4 Å². The molecule has 2 aromatic rings. The Labute approximate surface area is 105 Å². The number of rotatable bonds is 4. The average Bonchev–Trinajstić information content (AvgIpc) is 2.83. The molecule has 0 saturated heterocycles. The Balaban J connectivity index is 2.13. The summed E-state index contributed by atoms with van der Waals surface area (Å²) in [5, 5.41) is 3.27. The lowest BCUT2D eigenvalue weighted by Gasteiger charge is -1.91. The van der Waals surface area contributed by atoms with E-state index in [1.807, 2.05) is 6.20 Å². The van der Waals surface area contributed by atoms with Crippen molar-refractivity contribution in [2.45, 2.75) is 12.8 Å². The van der Waals surface area contributed by atoms with Gasteiger partial charge in [0.15, 0.2) is 0 Å². The molecule has 15 heavy (non-hydrogen) atoms. The molecule has 5 heteroatoms. The lowest BCUT2D eigenvalue weighted by molar-refractivity contribution is 0.826. The molecule has 2 aromatic heterocycles. The lowest BCUT2D eigenvalue weighted by atomic mass is 10.3. The number of hydrogen-bond donors (Lipinski definition) is 1. The van der Waals surface area contributed by atoms with E-state index in [-0.39, 0.29) is 0 Å². The van der Waals surface area contributed by atoms with Gasteiger partial charge in [0.25, 0.3) is 0 Å². The molecule has 0 bridgehead atoms. The van der Waals surface area contributed by atoms with E-state index >= 15 is 0 Å². The number of nitrogens with zero attached hydrogens (tertiary/aromatic N) is 1. The molecule has 2 rings (SSSR count). The third-order valence-electron chi connectivity index (χ3n) is 1.96. The monoisotopic (exact) mass is 302 g/mol. The van der Waals surface area contributed by atoms with Crippen molar-refractivity contribution in [1.29, 1.82) is 0 Å². The van der Waals surface area contributed by atoms with Gasteiger partial charge in [0.05, 0.1) is 9.88 Å². The number of aromatic nitrogens is 1. The number of aryl methyl sites for hydroxylation is 1. The van der Waals surface area contributed by atoms with Crippen molar-refractivity contribution < 1.29 is 0 Å². The number of hydrogen-bond acceptors (Lipinski definition) is 4. The Morgan fingerprint density at radius 2 is 2.27 bits per heavy atom. The Morgan fingerprint density at radius 3 is 2.93 bits per heavy atom. The second kappa shape index (κ2) is 5.21. The first-order valence-electron chi connectivity index (χ1n) is 4.69. The second-order valence-electron chi connectivity index (χ2n) is 3.14. The molecular formula is C10H11BrN2S2. The summed E-state index contributed by atoms with van der Waals surface area (Å²) < 4.78 is 1.14. The second-order valence-corrected chi connectivity index (χ2v) is 6.08. The lowest BCUT2D eigenvalue weighted by Crippen LogP contribution is -1.99. The van der Waals surface area contributed by atoms with Crippen molar-refractivity contribution in [3.05, 3.63) is 27.1 Å². The normalized spacial score (nSPS) is 10.8. The van der Waals surface area contributed by atoms with Crippen LogP contribution >= 0.6 is 38.6 Å². The minimum absolute atomic E-state index is 0.736. The van der Waals surface area contributed by atoms with Crippen LogP contribution in [-0.4, -0.2) is 11.5 Å². The zero-order chi connectivity index (χ0) is 10.7. The standard InChI is InChI=1S/C10H11BrN2S2/c11-7-4-8(14-6-7)9-5-13-10(15-9)2-1-3-12/h4-6H,1-3,12H2. The van der Waals surface area contributed by atoms with E-state index in [1.54, 1.807) is 22.7 Å². The molecule has 2 heterocycles. The molecule has 0 unspecified atom stereocenters. The van der Waals surface area contributed by atoms with Crippen LogP contribution in [0.3, 0.4) is 0 Å². The van der Waals surface area contributed by atoms with Gasteiger partial charge in [0.1, 0.15) is 0 Å². The predicted molar refractivity (Wildman–Crippen MR) is 70.5 cm³/mol. The highest BCUT2D eigenvalue weighted by Gasteiger charge is 2.06. The Hall–Kier alpha value is -0.230. The number of thiazole rings is 1. The molecule has 0 aliphatic carbocycles. The van der Waals surface area contributed by atoms with Crippen molar-refractivity contribution in [2.24, 2.45) is 5.73 Å². The van der Waals surface area contributed by atoms with Crippen molar-refractivity contribution in [1.82, 2.24) is 4.98 Å². The Bertz CT molecular complexity index is 436. The van der Waals surface area contributed by atoms with Gasteiger partial charge in [-0.15, -0.1) is 22.7 Å². The zero-order valence-electron chi connectivity index (χ0n) is 8.07. The van der Waals surface area contributed by atoms with Crippen LogP contribution in [0.2, 0.25) is 0 Å². The van der Waals surface area contributed by atoms with Gasteiger partial charge < -0.3 is 5.73 Å². The van der Waals surface area contributed by atoms with Crippen LogP contribution in [0.15, 0.2) is 22.1 Å². The van der Waals surface area contributed by atoms with Gasteiger partial charge in [-0.2, -0.15) is 0 Å². The largest absolute Gasteiger partial charge is 0.330 e. The van der Waals surface area contributed by atoms with E-state index in [0.29, 0.717) is 0 Å². The summed E-state index contributed by atoms with van der Waals surface area (Å²) in [5.74, 6) is 0. The summed E-state index contributed by atoms with van der Waals surface area (Å²) in [5.41, 5.74) is 5.47. The molecule has 0 aliphatic rings. The first kappa shape index (κ1) is 11.3. The van der Waals surface area contributed by atoms with E-state index in [4.69, 9.17) is 5.73 Å². The first-order valence-corrected chi connectivity index (χ1v) is 7.17. The van der Waals surface area contributed by atoms with Crippen LogP contribution in [0.4, 0.5) is 0 Å². The van der Waals surface area contributed by atoms with Gasteiger partial charge in [0.2, 0.25) is 0 Å². The van der Waals surface area contributed by atoms with Gasteiger partial charge in [-0.05, 0) is 35.0 Å². The zero-order valence-corrected chi connectivity index (χ0v) is 11.3. The van der Waals surface area contributed by atoms with Gasteiger partial charge in [-0.25, -0.2) is 4.98 Å². The quantitative estimate of drug-likeness (QED) is 0.938. The summed E-state index contributed by atoms with van der Waals surface area (Å²) in [7, 11) is 0. The SMILES string of the molecule is NCCCc1ncc(-c2cc(Br)cs2)s1. The maximum atomic E-state index is 5.47. The third-order valence-corrected chi connectivity index (χ3v) is 4.90. The van der Waals surface area contributed by atoms with Gasteiger partial charge >= 0.3 is 0 Å². The van der Waals surface area contributed by atoms with Crippen molar-refractivity contribution in [2.75, 3.05) is 6.54 Å². The topological polar surface area (TPSA) is 38.9 Å². The van der Waals surface area contributed by atoms with Crippen LogP contribution in [0, 0.1) is 0 Å². The molecular weight excluding hydrogens is 292 g/mol. The predicted octanol–water partition coefficient (Wildman–Crippen LogP) is 3.53. The van der Waals surface area contributed by atoms with Crippen molar-refractivity contribution in [3.8, 4) is 9.75 Å². The maximum absolute atomic E-state index is 5.47. The van der Waals surface area contributed by atoms with Gasteiger partial charge in [0, 0.05) is 27.3 Å². The average molecular weight is 303 g/mol. The maximum Gasteiger partial charge on any atom is 0.0932 e. The van der Waals surface area contributed by atoms with Crippen molar-refractivity contribution in [3.63, 3.8) is 0 Å². The summed E-state index contributed by atoms with van der Waals surface area (Å²) >= 11 is 6.96. The van der Waals surface area contributed by atoms with Gasteiger partial charge in [-0.3, -0.25) is 0 Å². The van der Waals surface area contributed by atoms with E-state index in [9.17, 15) is 0 Å². The molecule has 2 nitrogen and oxygen atoms in total. The first-order chi connectivity index (χ1) is 7.29. The summed E-state index contributed by atoms with van der Waals surface area (Å²) in [4.78, 5) is 6.92. The number of thiophene rings is 1. The summed E-state index contributed by atoms with van der Waals surface area (Å²) in [6.45, 7) is 0.736. The molecule has 0 radical (unpaired) electrons. The number of halogens is 1. The smallest absolute Gasteiger partial charge is 0.0932 e. The summed E-state index contributed by atoms with van der Waals surface area (Å²) in [6.07, 6.45) is 3.96. The molecule has 0 saturated carbocycles. The Kier molecular flexibility index (Phi) is 3.91. The molecule has 0 fully saturated rings. The summed E-state index contributed by atoms with van der Waals surface area (Å²) in [6, 6.07) is 2.13. The third kappa shape index (κ3) is 2.87. The van der Waals surface area contributed by atoms with E-state index in [1.165, 1.54) is 14.8 Å². The Morgan fingerprint density at radius 1 is 1.40 bits per heavy atom. The fourth-order valence-electron chi connectivity index (χ4n) is 1.24. The minimum atomic E-state index is 0.736. The fourth-order valence-corrected chi connectivity index (χ4v) is 3.71. The highest BCUT2D eigenvalue weighted by molar-refractivity contribution is 9.10. The molecule has 0 amide bonds. The van der Waals surface area contributed by atoms with E-state index in [0.717, 1.165) is 23.9 Å². The number of nitrogens with two attached hydrogens (primary N) is 1. The molecule has 0 aromatic carbocycles. The van der Waals surface area contributed by atoms with Crippen LogP contribution in [0.5, 0.6) is 0 Å². The molecule has 0 aliphatic heterocycles. The highest BCUT2D eigenvalue weighted by atomic mass is 79.9. The van der Waals surface area contributed by atoms with Crippen molar-refractivity contribution >= 4 is 38.6 Å². The molecule has 0 spiro atoms. The van der Waals surface area contributed by atoms with Crippen LogP contribution in [0.25, 0.3) is 9.75 Å². The molecule has 0 atom stereocenters. The molecule has 2 N–H and O–H groups in total. The minimum Gasteiger partial charge on any atom is -0.330 e.